The molecule has 0 aliphatic carbocycles. The maximum absolute atomic E-state index is 13.3. The number of halogens is 2. The zero-order valence-electron chi connectivity index (χ0n) is 17.2. The molecule has 0 saturated carbocycles. The van der Waals surface area contributed by atoms with Crippen LogP contribution in [0.4, 0.5) is 0 Å². The lowest BCUT2D eigenvalue weighted by Crippen LogP contribution is -2.49. The highest BCUT2D eigenvalue weighted by Gasteiger charge is 2.28. The second-order valence-electron chi connectivity index (χ2n) is 7.13. The molecule has 0 heterocycles. The van der Waals surface area contributed by atoms with E-state index in [1.807, 2.05) is 45.0 Å². The minimum absolute atomic E-state index is 0.111. The highest BCUT2D eigenvalue weighted by atomic mass is 35.5. The molecule has 2 aromatic carbocycles. The van der Waals surface area contributed by atoms with Gasteiger partial charge in [-0.1, -0.05) is 72.9 Å². The number of amides is 2. The number of benzene rings is 2. The van der Waals surface area contributed by atoms with Crippen LogP contribution in [-0.2, 0) is 22.6 Å². The second-order valence-corrected chi connectivity index (χ2v) is 7.98. The van der Waals surface area contributed by atoms with Crippen molar-refractivity contribution in [2.24, 2.45) is 0 Å². The van der Waals surface area contributed by atoms with Crippen LogP contribution in [0.3, 0.4) is 0 Å². The maximum atomic E-state index is 13.3. The largest absolute Gasteiger partial charge is 0.354 e. The molecule has 29 heavy (non-hydrogen) atoms. The van der Waals surface area contributed by atoms with E-state index in [4.69, 9.17) is 23.2 Å². The topological polar surface area (TPSA) is 49.4 Å². The molecule has 0 aliphatic rings. The Balaban J connectivity index is 2.29. The van der Waals surface area contributed by atoms with Gasteiger partial charge in [0, 0.05) is 23.1 Å². The van der Waals surface area contributed by atoms with Crippen molar-refractivity contribution in [1.82, 2.24) is 10.2 Å². The van der Waals surface area contributed by atoms with E-state index >= 15 is 0 Å². The predicted molar refractivity (Wildman–Crippen MR) is 119 cm³/mol. The van der Waals surface area contributed by atoms with Gasteiger partial charge in [0.15, 0.2) is 0 Å². The van der Waals surface area contributed by atoms with Crippen LogP contribution < -0.4 is 5.32 Å². The van der Waals surface area contributed by atoms with E-state index in [2.05, 4.69) is 5.32 Å². The summed E-state index contributed by atoms with van der Waals surface area (Å²) in [5.74, 6) is -0.273. The fourth-order valence-corrected chi connectivity index (χ4v) is 3.58. The van der Waals surface area contributed by atoms with Crippen molar-refractivity contribution in [3.63, 3.8) is 0 Å². The third-order valence-corrected chi connectivity index (χ3v) is 5.35. The Bertz CT molecular complexity index is 837. The van der Waals surface area contributed by atoms with E-state index in [0.717, 1.165) is 17.5 Å². The lowest BCUT2D eigenvalue weighted by molar-refractivity contribution is -0.140. The Hall–Kier alpha value is -2.04. The van der Waals surface area contributed by atoms with Gasteiger partial charge in [-0.2, -0.15) is 0 Å². The van der Waals surface area contributed by atoms with Crippen LogP contribution >= 0.6 is 23.2 Å². The van der Waals surface area contributed by atoms with Crippen molar-refractivity contribution in [1.29, 1.82) is 0 Å². The summed E-state index contributed by atoms with van der Waals surface area (Å²) in [6, 6.07) is 12.5. The zero-order valence-corrected chi connectivity index (χ0v) is 18.7. The fourth-order valence-electron chi connectivity index (χ4n) is 3.11. The van der Waals surface area contributed by atoms with Gasteiger partial charge in [-0.25, -0.2) is 0 Å². The molecule has 2 aromatic rings. The molecule has 0 spiro atoms. The Morgan fingerprint density at radius 1 is 1.07 bits per heavy atom. The Kier molecular flexibility index (Phi) is 8.99. The average Bonchev–Trinajstić information content (AvgIpc) is 2.69. The number of aryl methyl sites for hydroxylation is 1. The van der Waals surface area contributed by atoms with Crippen molar-refractivity contribution in [2.75, 3.05) is 6.54 Å². The van der Waals surface area contributed by atoms with Gasteiger partial charge in [0.2, 0.25) is 11.8 Å². The van der Waals surface area contributed by atoms with Crippen LogP contribution in [0.15, 0.2) is 42.5 Å². The van der Waals surface area contributed by atoms with E-state index in [1.165, 1.54) is 0 Å². The highest BCUT2D eigenvalue weighted by Crippen LogP contribution is 2.23. The van der Waals surface area contributed by atoms with Crippen molar-refractivity contribution >= 4 is 35.0 Å². The number of carbonyl (C=O) groups is 2. The molecule has 6 heteroatoms. The fraction of sp³-hybridized carbons (Fsp3) is 0.391. The molecular formula is C23H28Cl2N2O2. The summed E-state index contributed by atoms with van der Waals surface area (Å²) in [6.45, 7) is 6.88. The summed E-state index contributed by atoms with van der Waals surface area (Å²) < 4.78 is 0. The van der Waals surface area contributed by atoms with Gasteiger partial charge in [0.1, 0.15) is 6.04 Å². The van der Waals surface area contributed by atoms with Crippen LogP contribution in [0, 0.1) is 6.92 Å². The first kappa shape index (κ1) is 23.2. The lowest BCUT2D eigenvalue weighted by atomic mass is 10.1. The van der Waals surface area contributed by atoms with Crippen LogP contribution in [0.25, 0.3) is 0 Å². The van der Waals surface area contributed by atoms with Crippen LogP contribution in [0.5, 0.6) is 0 Å². The van der Waals surface area contributed by atoms with E-state index in [-0.39, 0.29) is 18.2 Å². The molecule has 2 amide bonds. The Labute approximate surface area is 183 Å². The molecule has 0 bridgehead atoms. The molecule has 0 radical (unpaired) electrons. The smallest absolute Gasteiger partial charge is 0.242 e. The Morgan fingerprint density at radius 3 is 2.34 bits per heavy atom. The van der Waals surface area contributed by atoms with Crippen LogP contribution in [-0.4, -0.2) is 29.3 Å². The molecule has 0 fully saturated rings. The molecule has 0 saturated heterocycles. The standard InChI is InChI=1S/C23H28Cl2N2O2/c1-4-12-26-23(29)21(5-2)27(15-17-8-6-16(3)7-9-17)22(28)13-18-10-11-19(24)14-20(18)25/h6-11,14,21H,4-5,12-13,15H2,1-3H3,(H,26,29)/t21-/m1/s1. The number of nitrogens with zero attached hydrogens (tertiary/aromatic N) is 1. The van der Waals surface area contributed by atoms with E-state index in [0.29, 0.717) is 35.1 Å². The minimum Gasteiger partial charge on any atom is -0.354 e. The highest BCUT2D eigenvalue weighted by molar-refractivity contribution is 6.35. The third-order valence-electron chi connectivity index (χ3n) is 4.77. The molecule has 2 rings (SSSR count). The van der Waals surface area contributed by atoms with Gasteiger partial charge >= 0.3 is 0 Å². The summed E-state index contributed by atoms with van der Waals surface area (Å²) in [5, 5.41) is 3.89. The number of hydrogen-bond acceptors (Lipinski definition) is 2. The molecule has 1 N–H and O–H groups in total. The van der Waals surface area contributed by atoms with Crippen molar-refractivity contribution in [3.05, 3.63) is 69.2 Å². The number of rotatable bonds is 9. The average molecular weight is 435 g/mol. The first-order chi connectivity index (χ1) is 13.8. The van der Waals surface area contributed by atoms with E-state index in [1.54, 1.807) is 23.1 Å². The van der Waals surface area contributed by atoms with Gasteiger partial charge in [-0.15, -0.1) is 0 Å². The molecule has 0 aliphatic heterocycles. The third kappa shape index (κ3) is 6.76. The summed E-state index contributed by atoms with van der Waals surface area (Å²) in [7, 11) is 0. The van der Waals surface area contributed by atoms with Gasteiger partial charge < -0.3 is 10.2 Å². The zero-order chi connectivity index (χ0) is 21.4. The maximum Gasteiger partial charge on any atom is 0.242 e. The molecule has 156 valence electrons. The first-order valence-corrected chi connectivity index (χ1v) is 10.7. The second kappa shape index (κ2) is 11.2. The van der Waals surface area contributed by atoms with Crippen LogP contribution in [0.1, 0.15) is 43.4 Å². The Morgan fingerprint density at radius 2 is 1.76 bits per heavy atom. The minimum atomic E-state index is -0.540. The first-order valence-electron chi connectivity index (χ1n) is 9.92. The monoisotopic (exact) mass is 434 g/mol. The quantitative estimate of drug-likeness (QED) is 0.590. The van der Waals surface area contributed by atoms with E-state index in [9.17, 15) is 9.59 Å². The summed E-state index contributed by atoms with van der Waals surface area (Å²) in [5.41, 5.74) is 2.82. The van der Waals surface area contributed by atoms with Crippen molar-refractivity contribution < 1.29 is 9.59 Å². The van der Waals surface area contributed by atoms with Gasteiger partial charge in [-0.05, 0) is 43.0 Å². The predicted octanol–water partition coefficient (Wildman–Crippen LogP) is 5.18. The summed E-state index contributed by atoms with van der Waals surface area (Å²) >= 11 is 12.2. The molecule has 0 aromatic heterocycles. The summed E-state index contributed by atoms with van der Waals surface area (Å²) in [4.78, 5) is 27.6. The normalized spacial score (nSPS) is 11.8. The molecular weight excluding hydrogens is 407 g/mol. The van der Waals surface area contributed by atoms with Crippen LogP contribution in [0.2, 0.25) is 10.0 Å². The molecule has 4 nitrogen and oxygen atoms in total. The van der Waals surface area contributed by atoms with Gasteiger partial charge in [0.05, 0.1) is 6.42 Å². The SMILES string of the molecule is CCCNC(=O)[C@@H](CC)N(Cc1ccc(C)cc1)C(=O)Cc1ccc(Cl)cc1Cl. The molecule has 1 atom stereocenters. The van der Waals surface area contributed by atoms with Gasteiger partial charge in [0.25, 0.3) is 0 Å². The molecule has 0 unspecified atom stereocenters. The number of hydrogen-bond donors (Lipinski definition) is 1. The van der Waals surface area contributed by atoms with Crippen molar-refractivity contribution in [2.45, 2.75) is 52.6 Å². The number of nitrogens with one attached hydrogen (secondary N) is 1. The lowest BCUT2D eigenvalue weighted by Gasteiger charge is -2.31. The summed E-state index contributed by atoms with van der Waals surface area (Å²) in [6.07, 6.45) is 1.48. The number of carbonyl (C=O) groups excluding carboxylic acids is 2. The van der Waals surface area contributed by atoms with Crippen molar-refractivity contribution in [3.8, 4) is 0 Å². The van der Waals surface area contributed by atoms with Gasteiger partial charge in [-0.3, -0.25) is 9.59 Å². The van der Waals surface area contributed by atoms with E-state index < -0.39 is 6.04 Å².